The lowest BCUT2D eigenvalue weighted by Gasteiger charge is -2.01. The Kier molecular flexibility index (Phi) is 9.93. The van der Waals surface area contributed by atoms with E-state index in [0.29, 0.717) is 0 Å². The smallest absolute Gasteiger partial charge is 0.318 e. The molecule has 0 saturated heterocycles. The van der Waals surface area contributed by atoms with E-state index in [1.807, 2.05) is 0 Å². The van der Waals surface area contributed by atoms with Crippen molar-refractivity contribution in [3.05, 3.63) is 37.9 Å². The van der Waals surface area contributed by atoms with Gasteiger partial charge in [0.05, 0.1) is 9.85 Å². The second kappa shape index (κ2) is 11.1. The van der Waals surface area contributed by atoms with Crippen LogP contribution in [-0.4, -0.2) is 20.7 Å². The molecule has 0 fully saturated rings. The third-order valence-corrected chi connectivity index (χ3v) is 3.18. The summed E-state index contributed by atoms with van der Waals surface area (Å²) < 4.78 is 0. The van der Waals surface area contributed by atoms with Crippen LogP contribution in [0.25, 0.3) is 0 Å². The molecular weight excluding hydrogens is 316 g/mol. The Labute approximate surface area is 140 Å². The number of carbonyl (C=O) groups excluding carboxylic acids is 1. The van der Waals surface area contributed by atoms with Crippen LogP contribution >= 0.6 is 0 Å². The van der Waals surface area contributed by atoms with Gasteiger partial charge >= 0.3 is 11.4 Å². The molecule has 0 amide bonds. The summed E-state index contributed by atoms with van der Waals surface area (Å²) in [5, 5.41) is 30.5. The van der Waals surface area contributed by atoms with Crippen molar-refractivity contribution in [2.75, 3.05) is 0 Å². The lowest BCUT2D eigenvalue weighted by Crippen LogP contribution is -2.00. The molecule has 0 aliphatic carbocycles. The first-order valence-corrected chi connectivity index (χ1v) is 7.88. The zero-order valence-corrected chi connectivity index (χ0v) is 14.3. The van der Waals surface area contributed by atoms with Crippen molar-refractivity contribution in [1.82, 2.24) is 0 Å². The molecule has 0 atom stereocenters. The number of phenolic OH excluding ortho intramolecular Hbond substituents is 1. The Hall–Kier alpha value is -2.51. The van der Waals surface area contributed by atoms with Crippen LogP contribution in [0, 0.1) is 20.2 Å². The predicted octanol–water partition coefficient (Wildman–Crippen LogP) is 4.32. The number of carbonyl (C=O) groups is 1. The summed E-state index contributed by atoms with van der Waals surface area (Å²) in [7, 11) is 0. The first-order valence-electron chi connectivity index (χ1n) is 7.88. The predicted molar refractivity (Wildman–Crippen MR) is 90.2 cm³/mol. The Morgan fingerprint density at radius 2 is 1.42 bits per heavy atom. The number of unbranched alkanes of at least 4 members (excludes halogenated alkanes) is 4. The van der Waals surface area contributed by atoms with Gasteiger partial charge in [0.2, 0.25) is 0 Å². The third-order valence-electron chi connectivity index (χ3n) is 3.18. The molecule has 134 valence electrons. The second-order valence-electron chi connectivity index (χ2n) is 5.44. The van der Waals surface area contributed by atoms with Crippen molar-refractivity contribution < 1.29 is 19.7 Å². The van der Waals surface area contributed by atoms with Gasteiger partial charge in [-0.3, -0.25) is 25.0 Å². The van der Waals surface area contributed by atoms with Gasteiger partial charge in [-0.1, -0.05) is 46.0 Å². The van der Waals surface area contributed by atoms with Crippen molar-refractivity contribution in [2.24, 2.45) is 0 Å². The molecular formula is C16H24N2O6. The highest BCUT2D eigenvalue weighted by Gasteiger charge is 2.26. The number of rotatable bonds is 8. The lowest BCUT2D eigenvalue weighted by molar-refractivity contribution is -0.396. The monoisotopic (exact) mass is 340 g/mol. The maximum atomic E-state index is 10.9. The summed E-state index contributed by atoms with van der Waals surface area (Å²) in [5.74, 6) is -1.30. The molecule has 24 heavy (non-hydrogen) atoms. The Morgan fingerprint density at radius 1 is 1.00 bits per heavy atom. The molecule has 1 N–H and O–H groups in total. The van der Waals surface area contributed by atoms with Crippen LogP contribution in [-0.2, 0) is 11.2 Å². The minimum atomic E-state index is -1.01. The molecule has 0 radical (unpaired) electrons. The van der Waals surface area contributed by atoms with E-state index in [0.717, 1.165) is 12.1 Å². The first-order chi connectivity index (χ1) is 11.2. The molecule has 0 aliphatic rings. The molecule has 1 aromatic carbocycles. The topological polar surface area (TPSA) is 124 Å². The summed E-state index contributed by atoms with van der Waals surface area (Å²) in [4.78, 5) is 30.1. The molecule has 0 spiro atoms. The normalized spacial score (nSPS) is 9.79. The number of benzene rings is 1. The van der Waals surface area contributed by atoms with E-state index in [4.69, 9.17) is 0 Å². The van der Waals surface area contributed by atoms with Gasteiger partial charge in [-0.2, -0.15) is 0 Å². The van der Waals surface area contributed by atoms with Crippen LogP contribution in [0.5, 0.6) is 5.75 Å². The quantitative estimate of drug-likeness (QED) is 0.427. The van der Waals surface area contributed by atoms with Gasteiger partial charge in [0, 0.05) is 18.6 Å². The molecule has 0 bridgehead atoms. The van der Waals surface area contributed by atoms with E-state index < -0.39 is 27.0 Å². The number of nitro groups is 2. The fraction of sp³-hybridized carbons (Fsp3) is 0.562. The van der Waals surface area contributed by atoms with Crippen LogP contribution < -0.4 is 0 Å². The maximum Gasteiger partial charge on any atom is 0.318 e. The van der Waals surface area contributed by atoms with Crippen molar-refractivity contribution in [3.63, 3.8) is 0 Å². The van der Waals surface area contributed by atoms with Crippen LogP contribution in [0.3, 0.4) is 0 Å². The van der Waals surface area contributed by atoms with Gasteiger partial charge in [0.15, 0.2) is 0 Å². The average molecular weight is 340 g/mol. The zero-order chi connectivity index (χ0) is 18.7. The van der Waals surface area contributed by atoms with E-state index >= 15 is 0 Å². The van der Waals surface area contributed by atoms with E-state index in [2.05, 4.69) is 13.8 Å². The number of ketones is 1. The number of aromatic hydroxyl groups is 1. The summed E-state index contributed by atoms with van der Waals surface area (Å²) in [6.45, 7) is 5.75. The highest BCUT2D eigenvalue weighted by molar-refractivity contribution is 5.79. The Morgan fingerprint density at radius 3 is 1.71 bits per heavy atom. The average Bonchev–Trinajstić information content (AvgIpc) is 2.49. The Bertz CT molecular complexity index is 547. The third kappa shape index (κ3) is 7.66. The van der Waals surface area contributed by atoms with Gasteiger partial charge in [0.25, 0.3) is 5.75 Å². The van der Waals surface area contributed by atoms with Gasteiger partial charge in [0.1, 0.15) is 5.78 Å². The zero-order valence-electron chi connectivity index (χ0n) is 14.3. The van der Waals surface area contributed by atoms with E-state index in [1.54, 1.807) is 0 Å². The maximum absolute atomic E-state index is 10.9. The molecule has 0 unspecified atom stereocenters. The molecule has 0 saturated carbocycles. The van der Waals surface area contributed by atoms with E-state index in [-0.39, 0.29) is 17.8 Å². The van der Waals surface area contributed by atoms with Crippen molar-refractivity contribution in [3.8, 4) is 5.75 Å². The van der Waals surface area contributed by atoms with Gasteiger partial charge in [-0.25, -0.2) is 0 Å². The van der Waals surface area contributed by atoms with E-state index in [9.17, 15) is 30.1 Å². The Balaban J connectivity index is 0.000000640. The summed E-state index contributed by atoms with van der Waals surface area (Å²) in [6.07, 6.45) is 6.84. The lowest BCUT2D eigenvalue weighted by atomic mass is 10.1. The number of hydrogen-bond acceptors (Lipinski definition) is 6. The van der Waals surface area contributed by atoms with Crippen molar-refractivity contribution >= 4 is 17.2 Å². The minimum Gasteiger partial charge on any atom is -0.497 e. The van der Waals surface area contributed by atoms with Gasteiger partial charge < -0.3 is 5.11 Å². The second-order valence-corrected chi connectivity index (χ2v) is 5.44. The fourth-order valence-corrected chi connectivity index (χ4v) is 2.01. The summed E-state index contributed by atoms with van der Waals surface area (Å²) in [6, 6.07) is 1.90. The standard InChI is InChI=1S/C9H8N2O6.C7H16/c1-5(12)2-6-3-7(10(14)15)9(13)8(4-6)11(16)17;1-3-5-7-6-4-2/h3-4,13H,2H2,1H3;3-7H2,1-2H3. The van der Waals surface area contributed by atoms with Gasteiger partial charge in [-0.15, -0.1) is 0 Å². The molecule has 0 aromatic heterocycles. The molecule has 8 nitrogen and oxygen atoms in total. The number of Topliss-reactive ketones (excluding diaryl/α,β-unsaturated/α-hetero) is 1. The SMILES string of the molecule is CC(=O)Cc1cc([N+](=O)[O-])c(O)c([N+](=O)[O-])c1.CCCCCCC. The number of phenols is 1. The van der Waals surface area contributed by atoms with Crippen LogP contribution in [0.4, 0.5) is 11.4 Å². The molecule has 1 rings (SSSR count). The van der Waals surface area contributed by atoms with Gasteiger partial charge in [-0.05, 0) is 12.5 Å². The van der Waals surface area contributed by atoms with Crippen LogP contribution in [0.15, 0.2) is 12.1 Å². The molecule has 1 aromatic rings. The van der Waals surface area contributed by atoms with E-state index in [1.165, 1.54) is 39.0 Å². The molecule has 8 heteroatoms. The number of nitrogens with zero attached hydrogens (tertiary/aromatic N) is 2. The summed E-state index contributed by atoms with van der Waals surface area (Å²) >= 11 is 0. The van der Waals surface area contributed by atoms with Crippen LogP contribution in [0.2, 0.25) is 0 Å². The first kappa shape index (κ1) is 21.5. The van der Waals surface area contributed by atoms with Crippen molar-refractivity contribution in [2.45, 2.75) is 59.3 Å². The minimum absolute atomic E-state index is 0.119. The highest BCUT2D eigenvalue weighted by atomic mass is 16.6. The summed E-state index contributed by atoms with van der Waals surface area (Å²) in [5.41, 5.74) is -1.44. The fourth-order valence-electron chi connectivity index (χ4n) is 2.01. The number of nitro benzene ring substituents is 2. The van der Waals surface area contributed by atoms with Crippen LogP contribution in [0.1, 0.15) is 58.4 Å². The largest absolute Gasteiger partial charge is 0.497 e. The molecule has 0 heterocycles. The highest BCUT2D eigenvalue weighted by Crippen LogP contribution is 2.36. The number of hydrogen-bond donors (Lipinski definition) is 1. The molecule has 0 aliphatic heterocycles. The van der Waals surface area contributed by atoms with Crippen molar-refractivity contribution in [1.29, 1.82) is 0 Å².